The Bertz CT molecular complexity index is 224. The highest BCUT2D eigenvalue weighted by atomic mass is 16.5. The number of methoxy groups -OCH3 is 1. The molecule has 2 unspecified atom stereocenters. The van der Waals surface area contributed by atoms with Gasteiger partial charge in [0.1, 0.15) is 0 Å². The van der Waals surface area contributed by atoms with E-state index < -0.39 is 0 Å². The van der Waals surface area contributed by atoms with E-state index in [1.807, 2.05) is 7.11 Å². The molecule has 0 aliphatic rings. The highest BCUT2D eigenvalue weighted by molar-refractivity contribution is 4.87. The van der Waals surface area contributed by atoms with Gasteiger partial charge in [-0.15, -0.1) is 6.58 Å². The Morgan fingerprint density at radius 1 is 1.11 bits per heavy atom. The topological polar surface area (TPSA) is 9.23 Å². The zero-order valence-electron chi connectivity index (χ0n) is 14.1. The first-order valence-electron chi connectivity index (χ1n) is 8.20. The fourth-order valence-electron chi connectivity index (χ4n) is 3.45. The van der Waals surface area contributed by atoms with Crippen LogP contribution >= 0.6 is 0 Å². The van der Waals surface area contributed by atoms with Crippen molar-refractivity contribution in [2.75, 3.05) is 7.11 Å². The summed E-state index contributed by atoms with van der Waals surface area (Å²) in [6.07, 6.45) is 8.86. The zero-order chi connectivity index (χ0) is 14.8. The molecule has 0 heterocycles. The van der Waals surface area contributed by atoms with Gasteiger partial charge in [0.15, 0.2) is 0 Å². The van der Waals surface area contributed by atoms with Crippen LogP contribution in [0.25, 0.3) is 0 Å². The van der Waals surface area contributed by atoms with Gasteiger partial charge in [-0.25, -0.2) is 0 Å². The van der Waals surface area contributed by atoms with Crippen LogP contribution in [0.3, 0.4) is 0 Å². The van der Waals surface area contributed by atoms with Crippen molar-refractivity contribution in [2.24, 2.45) is 23.7 Å². The first-order valence-corrected chi connectivity index (χ1v) is 8.20. The van der Waals surface area contributed by atoms with Crippen molar-refractivity contribution in [1.82, 2.24) is 0 Å². The molecule has 114 valence electrons. The summed E-state index contributed by atoms with van der Waals surface area (Å²) < 4.78 is 5.58. The minimum atomic E-state index is 0.363. The molecule has 0 spiro atoms. The quantitative estimate of drug-likeness (QED) is 0.437. The smallest absolute Gasteiger partial charge is 0.0573 e. The molecule has 0 aromatic carbocycles. The maximum absolute atomic E-state index is 5.58. The van der Waals surface area contributed by atoms with Gasteiger partial charge in [0, 0.05) is 7.11 Å². The van der Waals surface area contributed by atoms with Gasteiger partial charge in [0.05, 0.1) is 6.10 Å². The lowest BCUT2D eigenvalue weighted by Crippen LogP contribution is -2.29. The Balaban J connectivity index is 4.69. The molecule has 0 amide bonds. The van der Waals surface area contributed by atoms with Gasteiger partial charge in [-0.2, -0.15) is 0 Å². The number of hydrogen-bond donors (Lipinski definition) is 0. The summed E-state index contributed by atoms with van der Waals surface area (Å²) >= 11 is 0. The van der Waals surface area contributed by atoms with Crippen LogP contribution < -0.4 is 0 Å². The molecule has 19 heavy (non-hydrogen) atoms. The summed E-state index contributed by atoms with van der Waals surface area (Å²) in [5.41, 5.74) is 0. The summed E-state index contributed by atoms with van der Waals surface area (Å²) in [5, 5.41) is 0. The predicted octanol–water partition coefficient (Wildman–Crippen LogP) is 5.70. The van der Waals surface area contributed by atoms with Gasteiger partial charge < -0.3 is 4.74 Å². The van der Waals surface area contributed by atoms with Crippen LogP contribution in [0.1, 0.15) is 66.7 Å². The molecular formula is C18H36O. The van der Waals surface area contributed by atoms with E-state index in [0.29, 0.717) is 17.9 Å². The van der Waals surface area contributed by atoms with Crippen LogP contribution in [0.2, 0.25) is 0 Å². The van der Waals surface area contributed by atoms with E-state index >= 15 is 0 Å². The van der Waals surface area contributed by atoms with Crippen LogP contribution in [-0.2, 0) is 4.74 Å². The van der Waals surface area contributed by atoms with Crippen molar-refractivity contribution in [3.05, 3.63) is 12.7 Å². The number of allylic oxidation sites excluding steroid dienone is 1. The Morgan fingerprint density at radius 2 is 1.74 bits per heavy atom. The molecule has 0 saturated carbocycles. The van der Waals surface area contributed by atoms with Gasteiger partial charge in [-0.05, 0) is 37.0 Å². The van der Waals surface area contributed by atoms with E-state index in [1.165, 1.54) is 32.1 Å². The molecule has 1 heteroatoms. The first kappa shape index (κ1) is 18.7. The molecule has 5 atom stereocenters. The summed E-state index contributed by atoms with van der Waals surface area (Å²) in [7, 11) is 1.84. The van der Waals surface area contributed by atoms with Crippen LogP contribution in [-0.4, -0.2) is 13.2 Å². The van der Waals surface area contributed by atoms with E-state index in [-0.39, 0.29) is 0 Å². The monoisotopic (exact) mass is 268 g/mol. The van der Waals surface area contributed by atoms with E-state index in [9.17, 15) is 0 Å². The van der Waals surface area contributed by atoms with Crippen molar-refractivity contribution in [3.8, 4) is 0 Å². The van der Waals surface area contributed by atoms with Crippen LogP contribution in [0.4, 0.5) is 0 Å². The highest BCUT2D eigenvalue weighted by Gasteiger charge is 2.27. The molecule has 0 fully saturated rings. The third-order valence-corrected chi connectivity index (χ3v) is 4.93. The fraction of sp³-hybridized carbons (Fsp3) is 0.889. The zero-order valence-corrected chi connectivity index (χ0v) is 14.1. The van der Waals surface area contributed by atoms with Gasteiger partial charge in [0.25, 0.3) is 0 Å². The second-order valence-electron chi connectivity index (χ2n) is 6.08. The molecule has 0 saturated heterocycles. The third-order valence-electron chi connectivity index (χ3n) is 4.93. The van der Waals surface area contributed by atoms with Gasteiger partial charge in [-0.3, -0.25) is 0 Å². The molecule has 0 aliphatic heterocycles. The molecule has 0 rings (SSSR count). The van der Waals surface area contributed by atoms with Crippen molar-refractivity contribution >= 4 is 0 Å². The summed E-state index contributed by atoms with van der Waals surface area (Å²) in [4.78, 5) is 0. The van der Waals surface area contributed by atoms with Gasteiger partial charge >= 0.3 is 0 Å². The molecule has 0 aliphatic carbocycles. The van der Waals surface area contributed by atoms with Gasteiger partial charge in [-0.1, -0.05) is 59.5 Å². The SMILES string of the molecule is C=CC(C[C@H](CC)[C@@H](CC)[C@@H](C)OC)C(C)CCC. The summed E-state index contributed by atoms with van der Waals surface area (Å²) in [5.74, 6) is 2.84. The summed E-state index contributed by atoms with van der Waals surface area (Å²) in [6.45, 7) is 15.6. The Labute approximate surface area is 121 Å². The van der Waals surface area contributed by atoms with E-state index in [2.05, 4.69) is 47.3 Å². The molecule has 0 aromatic heterocycles. The standard InChI is InChI=1S/C18H36O/c1-8-12-14(5)16(9-2)13-17(10-3)18(11-4)15(6)19-7/h9,14-18H,2,8,10-13H2,1,3-7H3/t14?,15-,16?,17+,18+/m1/s1. The largest absolute Gasteiger partial charge is 0.381 e. The average molecular weight is 268 g/mol. The van der Waals surface area contributed by atoms with Crippen LogP contribution in [0, 0.1) is 23.7 Å². The second-order valence-corrected chi connectivity index (χ2v) is 6.08. The van der Waals surface area contributed by atoms with Gasteiger partial charge in [0.2, 0.25) is 0 Å². The van der Waals surface area contributed by atoms with Crippen LogP contribution in [0.15, 0.2) is 12.7 Å². The molecule has 0 aromatic rings. The van der Waals surface area contributed by atoms with Crippen molar-refractivity contribution < 1.29 is 4.74 Å². The molecule has 0 N–H and O–H groups in total. The number of hydrogen-bond acceptors (Lipinski definition) is 1. The Hall–Kier alpha value is -0.300. The lowest BCUT2D eigenvalue weighted by molar-refractivity contribution is 0.0304. The lowest BCUT2D eigenvalue weighted by Gasteiger charge is -2.33. The second kappa shape index (κ2) is 10.5. The lowest BCUT2D eigenvalue weighted by atomic mass is 9.75. The maximum Gasteiger partial charge on any atom is 0.0573 e. The first-order chi connectivity index (χ1) is 9.05. The van der Waals surface area contributed by atoms with Crippen LogP contribution in [0.5, 0.6) is 0 Å². The van der Waals surface area contributed by atoms with E-state index in [4.69, 9.17) is 4.74 Å². The number of ether oxygens (including phenoxy) is 1. The average Bonchev–Trinajstić information content (AvgIpc) is 2.42. The Kier molecular flexibility index (Phi) is 10.3. The predicted molar refractivity (Wildman–Crippen MR) is 86.4 cm³/mol. The highest BCUT2D eigenvalue weighted by Crippen LogP contribution is 2.34. The van der Waals surface area contributed by atoms with Crippen molar-refractivity contribution in [2.45, 2.75) is 72.8 Å². The van der Waals surface area contributed by atoms with E-state index in [1.54, 1.807) is 0 Å². The summed E-state index contributed by atoms with van der Waals surface area (Å²) in [6, 6.07) is 0. The normalized spacial score (nSPS) is 19.5. The molecular weight excluding hydrogens is 232 g/mol. The fourth-order valence-corrected chi connectivity index (χ4v) is 3.45. The van der Waals surface area contributed by atoms with E-state index in [0.717, 1.165) is 11.8 Å². The number of rotatable bonds is 11. The Morgan fingerprint density at radius 3 is 2.11 bits per heavy atom. The molecule has 1 nitrogen and oxygen atoms in total. The molecule has 0 radical (unpaired) electrons. The minimum absolute atomic E-state index is 0.363. The minimum Gasteiger partial charge on any atom is -0.381 e. The third kappa shape index (κ3) is 6.12. The molecule has 0 bridgehead atoms. The maximum atomic E-state index is 5.58. The van der Waals surface area contributed by atoms with Crippen molar-refractivity contribution in [3.63, 3.8) is 0 Å². The van der Waals surface area contributed by atoms with Crippen molar-refractivity contribution in [1.29, 1.82) is 0 Å².